The highest BCUT2D eigenvalue weighted by atomic mass is 35.5. The second-order valence-electron chi connectivity index (χ2n) is 4.78. The van der Waals surface area contributed by atoms with Gasteiger partial charge in [0.15, 0.2) is 0 Å². The van der Waals surface area contributed by atoms with Crippen molar-refractivity contribution in [2.45, 2.75) is 26.0 Å². The Bertz CT molecular complexity index is 579. The minimum Gasteiger partial charge on any atom is -0.488 e. The van der Waals surface area contributed by atoms with Gasteiger partial charge in [-0.05, 0) is 31.7 Å². The average molecular weight is 308 g/mol. The summed E-state index contributed by atoms with van der Waals surface area (Å²) in [6.07, 6.45) is 0.942. The Labute approximate surface area is 129 Å². The van der Waals surface area contributed by atoms with E-state index in [1.54, 1.807) is 12.1 Å². The number of rotatable bonds is 6. The number of para-hydroxylation sites is 1. The fourth-order valence-corrected chi connectivity index (χ4v) is 2.52. The first-order chi connectivity index (χ1) is 10.2. The molecule has 0 heterocycles. The van der Waals surface area contributed by atoms with E-state index in [2.05, 4.69) is 12.2 Å². The van der Waals surface area contributed by atoms with Crippen LogP contribution in [0, 0.1) is 5.82 Å². The lowest BCUT2D eigenvalue weighted by Gasteiger charge is -2.19. The molecule has 1 N–H and O–H groups in total. The van der Waals surface area contributed by atoms with Crippen LogP contribution in [0.15, 0.2) is 42.5 Å². The van der Waals surface area contributed by atoms with Crippen molar-refractivity contribution in [2.75, 3.05) is 7.05 Å². The first kappa shape index (κ1) is 15.8. The van der Waals surface area contributed by atoms with Crippen molar-refractivity contribution in [3.63, 3.8) is 0 Å². The smallest absolute Gasteiger partial charge is 0.131 e. The molecular weight excluding hydrogens is 289 g/mol. The van der Waals surface area contributed by atoms with E-state index in [4.69, 9.17) is 16.3 Å². The van der Waals surface area contributed by atoms with Crippen LogP contribution in [-0.2, 0) is 6.61 Å². The Hall–Kier alpha value is -1.58. The molecule has 0 aliphatic rings. The molecule has 0 spiro atoms. The quantitative estimate of drug-likeness (QED) is 0.833. The minimum absolute atomic E-state index is 0.114. The molecule has 2 aromatic rings. The van der Waals surface area contributed by atoms with Gasteiger partial charge in [-0.1, -0.05) is 42.8 Å². The van der Waals surface area contributed by atoms with Gasteiger partial charge in [0.05, 0.1) is 5.02 Å². The average Bonchev–Trinajstić information content (AvgIpc) is 2.49. The van der Waals surface area contributed by atoms with Gasteiger partial charge < -0.3 is 10.1 Å². The van der Waals surface area contributed by atoms with Crippen molar-refractivity contribution in [3.05, 3.63) is 64.4 Å². The van der Waals surface area contributed by atoms with E-state index < -0.39 is 0 Å². The lowest BCUT2D eigenvalue weighted by Crippen LogP contribution is -2.16. The Morgan fingerprint density at radius 2 is 1.95 bits per heavy atom. The molecule has 0 bridgehead atoms. The summed E-state index contributed by atoms with van der Waals surface area (Å²) in [5, 5.41) is 3.63. The van der Waals surface area contributed by atoms with Crippen LogP contribution in [0.4, 0.5) is 4.39 Å². The molecule has 2 nitrogen and oxygen atoms in total. The molecule has 4 heteroatoms. The summed E-state index contributed by atoms with van der Waals surface area (Å²) in [5.41, 5.74) is 1.45. The van der Waals surface area contributed by atoms with E-state index in [1.165, 1.54) is 6.07 Å². The van der Waals surface area contributed by atoms with Gasteiger partial charge in [0.2, 0.25) is 0 Å². The number of halogens is 2. The highest BCUT2D eigenvalue weighted by Gasteiger charge is 2.14. The summed E-state index contributed by atoms with van der Waals surface area (Å²) in [5.74, 6) is 0.402. The van der Waals surface area contributed by atoms with Crippen LogP contribution < -0.4 is 10.1 Å². The molecule has 21 heavy (non-hydrogen) atoms. The van der Waals surface area contributed by atoms with Gasteiger partial charge in [0.1, 0.15) is 18.2 Å². The highest BCUT2D eigenvalue weighted by Crippen LogP contribution is 2.28. The summed E-state index contributed by atoms with van der Waals surface area (Å²) in [6.45, 7) is 2.22. The monoisotopic (exact) mass is 307 g/mol. The third-order valence-corrected chi connectivity index (χ3v) is 3.84. The molecule has 0 saturated heterocycles. The van der Waals surface area contributed by atoms with Gasteiger partial charge in [0, 0.05) is 17.2 Å². The summed E-state index contributed by atoms with van der Waals surface area (Å²) in [6, 6.07) is 12.6. The number of hydrogen-bond acceptors (Lipinski definition) is 2. The van der Waals surface area contributed by atoms with Crippen molar-refractivity contribution in [3.8, 4) is 5.75 Å². The van der Waals surface area contributed by atoms with Crippen molar-refractivity contribution in [1.82, 2.24) is 5.32 Å². The maximum Gasteiger partial charge on any atom is 0.131 e. The highest BCUT2D eigenvalue weighted by molar-refractivity contribution is 6.31. The van der Waals surface area contributed by atoms with Crippen LogP contribution in [0.5, 0.6) is 5.75 Å². The van der Waals surface area contributed by atoms with E-state index in [9.17, 15) is 4.39 Å². The Kier molecular flexibility index (Phi) is 5.59. The van der Waals surface area contributed by atoms with E-state index in [0.29, 0.717) is 10.6 Å². The predicted molar refractivity (Wildman–Crippen MR) is 84.3 cm³/mol. The maximum atomic E-state index is 13.8. The summed E-state index contributed by atoms with van der Waals surface area (Å²) in [7, 11) is 1.92. The van der Waals surface area contributed by atoms with Crippen LogP contribution >= 0.6 is 11.6 Å². The van der Waals surface area contributed by atoms with E-state index in [0.717, 1.165) is 17.7 Å². The lowest BCUT2D eigenvalue weighted by molar-refractivity contribution is 0.293. The number of hydrogen-bond donors (Lipinski definition) is 1. The first-order valence-electron chi connectivity index (χ1n) is 6.99. The zero-order chi connectivity index (χ0) is 15.2. The van der Waals surface area contributed by atoms with Crippen LogP contribution in [0.25, 0.3) is 0 Å². The molecule has 0 amide bonds. The molecule has 0 aliphatic carbocycles. The zero-order valence-electron chi connectivity index (χ0n) is 12.2. The van der Waals surface area contributed by atoms with Gasteiger partial charge in [-0.15, -0.1) is 0 Å². The Morgan fingerprint density at radius 3 is 2.62 bits per heavy atom. The molecule has 0 aromatic heterocycles. The number of nitrogens with one attached hydrogen (secondary N) is 1. The van der Waals surface area contributed by atoms with Gasteiger partial charge in [-0.25, -0.2) is 4.39 Å². The molecule has 1 unspecified atom stereocenters. The number of benzene rings is 2. The largest absolute Gasteiger partial charge is 0.488 e. The maximum absolute atomic E-state index is 13.8. The lowest BCUT2D eigenvalue weighted by atomic mass is 10.0. The van der Waals surface area contributed by atoms with Crippen LogP contribution in [-0.4, -0.2) is 7.05 Å². The third kappa shape index (κ3) is 3.74. The van der Waals surface area contributed by atoms with Gasteiger partial charge >= 0.3 is 0 Å². The standard InChI is InChI=1S/C17H19ClFNO/c1-3-16(20-2)12-7-4-5-10-17(12)21-11-13-14(18)8-6-9-15(13)19/h4-10,16,20H,3,11H2,1-2H3. The molecule has 0 saturated carbocycles. The summed E-state index contributed by atoms with van der Waals surface area (Å²) < 4.78 is 19.6. The van der Waals surface area contributed by atoms with Crippen molar-refractivity contribution in [1.29, 1.82) is 0 Å². The van der Waals surface area contributed by atoms with Gasteiger partial charge in [-0.3, -0.25) is 0 Å². The molecule has 0 aliphatic heterocycles. The minimum atomic E-state index is -0.347. The molecule has 0 radical (unpaired) electrons. The Morgan fingerprint density at radius 1 is 1.19 bits per heavy atom. The Balaban J connectivity index is 2.21. The fraction of sp³-hybridized carbons (Fsp3) is 0.294. The van der Waals surface area contributed by atoms with E-state index in [-0.39, 0.29) is 18.5 Å². The van der Waals surface area contributed by atoms with E-state index >= 15 is 0 Å². The molecule has 0 fully saturated rings. The zero-order valence-corrected chi connectivity index (χ0v) is 13.0. The third-order valence-electron chi connectivity index (χ3n) is 3.48. The van der Waals surface area contributed by atoms with Crippen LogP contribution in [0.1, 0.15) is 30.5 Å². The molecule has 2 rings (SSSR count). The normalized spacial score (nSPS) is 12.2. The van der Waals surface area contributed by atoms with E-state index in [1.807, 2.05) is 31.3 Å². The van der Waals surface area contributed by atoms with Gasteiger partial charge in [-0.2, -0.15) is 0 Å². The second-order valence-corrected chi connectivity index (χ2v) is 5.18. The summed E-state index contributed by atoms with van der Waals surface area (Å²) >= 11 is 6.02. The van der Waals surface area contributed by atoms with Crippen LogP contribution in [0.2, 0.25) is 5.02 Å². The molecule has 112 valence electrons. The van der Waals surface area contributed by atoms with Crippen molar-refractivity contribution in [2.24, 2.45) is 0 Å². The van der Waals surface area contributed by atoms with Crippen molar-refractivity contribution >= 4 is 11.6 Å². The fourth-order valence-electron chi connectivity index (χ4n) is 2.30. The molecular formula is C17H19ClFNO. The summed E-state index contributed by atoms with van der Waals surface area (Å²) in [4.78, 5) is 0. The molecule has 1 atom stereocenters. The van der Waals surface area contributed by atoms with Crippen molar-refractivity contribution < 1.29 is 9.13 Å². The van der Waals surface area contributed by atoms with Gasteiger partial charge in [0.25, 0.3) is 0 Å². The first-order valence-corrected chi connectivity index (χ1v) is 7.37. The second kappa shape index (κ2) is 7.43. The van der Waals surface area contributed by atoms with Crippen LogP contribution in [0.3, 0.4) is 0 Å². The SMILES string of the molecule is CCC(NC)c1ccccc1OCc1c(F)cccc1Cl. The molecule has 2 aromatic carbocycles. The topological polar surface area (TPSA) is 21.3 Å². The number of ether oxygens (including phenoxy) is 1. The predicted octanol–water partition coefficient (Wildman–Crippen LogP) is 4.73.